The van der Waals surface area contributed by atoms with E-state index in [-0.39, 0.29) is 10.3 Å². The van der Waals surface area contributed by atoms with E-state index in [1.54, 1.807) is 0 Å². The van der Waals surface area contributed by atoms with Crippen molar-refractivity contribution < 1.29 is 18.3 Å². The van der Waals surface area contributed by atoms with Gasteiger partial charge in [-0.1, -0.05) is 19.8 Å². The normalized spacial score (nSPS) is 24.3. The van der Waals surface area contributed by atoms with Crippen molar-refractivity contribution in [1.82, 2.24) is 9.71 Å². The second kappa shape index (κ2) is 5.56. The lowest BCUT2D eigenvalue weighted by atomic mass is 9.88. The van der Waals surface area contributed by atoms with Gasteiger partial charge in [0.2, 0.25) is 0 Å². The molecule has 0 aromatic carbocycles. The van der Waals surface area contributed by atoms with Crippen molar-refractivity contribution in [2.45, 2.75) is 42.9 Å². The van der Waals surface area contributed by atoms with Gasteiger partial charge in [-0.2, -0.15) is 0 Å². The van der Waals surface area contributed by atoms with Gasteiger partial charge >= 0.3 is 5.97 Å². The van der Waals surface area contributed by atoms with Gasteiger partial charge in [0.1, 0.15) is 0 Å². The molecule has 2 unspecified atom stereocenters. The van der Waals surface area contributed by atoms with Gasteiger partial charge in [-0.05, 0) is 18.8 Å². The number of carboxylic acids is 1. The molecule has 8 heteroatoms. The van der Waals surface area contributed by atoms with Crippen LogP contribution in [0, 0.1) is 5.92 Å². The molecule has 2 rings (SSSR count). The number of carbonyl (C=O) groups is 1. The van der Waals surface area contributed by atoms with Crippen LogP contribution < -0.4 is 4.72 Å². The van der Waals surface area contributed by atoms with Crippen LogP contribution in [0.2, 0.25) is 0 Å². The zero-order valence-corrected chi connectivity index (χ0v) is 12.1. The summed E-state index contributed by atoms with van der Waals surface area (Å²) in [5, 5.41) is 8.92. The molecule has 1 aliphatic rings. The van der Waals surface area contributed by atoms with Crippen LogP contribution in [-0.4, -0.2) is 30.5 Å². The number of hydrogen-bond acceptors (Lipinski definition) is 5. The molecule has 0 spiro atoms. The van der Waals surface area contributed by atoms with E-state index in [1.165, 1.54) is 5.51 Å². The van der Waals surface area contributed by atoms with E-state index in [9.17, 15) is 13.2 Å². The number of thiazole rings is 1. The van der Waals surface area contributed by atoms with E-state index in [4.69, 9.17) is 5.11 Å². The molecule has 1 aliphatic carbocycles. The molecule has 1 saturated carbocycles. The van der Waals surface area contributed by atoms with Crippen LogP contribution in [-0.2, 0) is 10.0 Å². The van der Waals surface area contributed by atoms with Gasteiger partial charge in [-0.3, -0.25) is 0 Å². The largest absolute Gasteiger partial charge is 0.476 e. The minimum atomic E-state index is -3.79. The average Bonchev–Trinajstić information content (AvgIpc) is 2.77. The van der Waals surface area contributed by atoms with Crippen LogP contribution in [0.15, 0.2) is 9.72 Å². The standard InChI is InChI=1S/C11H16N2O4S2/c1-7-3-2-4-8(5-7)13-19(16,17)11-9(10(14)15)12-6-18-11/h6-8,13H,2-5H2,1H3,(H,14,15). The van der Waals surface area contributed by atoms with Gasteiger partial charge in [0, 0.05) is 6.04 Å². The van der Waals surface area contributed by atoms with E-state index in [2.05, 4.69) is 16.6 Å². The molecular formula is C11H16N2O4S2. The van der Waals surface area contributed by atoms with Crippen LogP contribution in [0.5, 0.6) is 0 Å². The summed E-state index contributed by atoms with van der Waals surface area (Å²) in [5.74, 6) is -0.833. The van der Waals surface area contributed by atoms with Gasteiger partial charge in [0.05, 0.1) is 5.51 Å². The minimum absolute atomic E-state index is 0.113. The predicted octanol–water partition coefficient (Wildman–Crippen LogP) is 1.70. The molecule has 1 fully saturated rings. The maximum absolute atomic E-state index is 12.2. The fraction of sp³-hybridized carbons (Fsp3) is 0.636. The second-order valence-electron chi connectivity index (χ2n) is 4.88. The van der Waals surface area contributed by atoms with E-state index in [0.29, 0.717) is 5.92 Å². The number of nitrogens with one attached hydrogen (secondary N) is 1. The van der Waals surface area contributed by atoms with Crippen molar-refractivity contribution in [3.8, 4) is 0 Å². The lowest BCUT2D eigenvalue weighted by molar-refractivity contribution is 0.0687. The van der Waals surface area contributed by atoms with Gasteiger partial charge in [-0.25, -0.2) is 22.9 Å². The van der Waals surface area contributed by atoms with Crippen molar-refractivity contribution in [3.63, 3.8) is 0 Å². The summed E-state index contributed by atoms with van der Waals surface area (Å²) in [5.41, 5.74) is 0.836. The highest BCUT2D eigenvalue weighted by atomic mass is 32.2. The molecular weight excluding hydrogens is 288 g/mol. The quantitative estimate of drug-likeness (QED) is 0.882. The SMILES string of the molecule is CC1CCCC(NS(=O)(=O)c2scnc2C(=O)O)C1. The van der Waals surface area contributed by atoms with E-state index < -0.39 is 21.7 Å². The smallest absolute Gasteiger partial charge is 0.356 e. The number of nitrogens with zero attached hydrogens (tertiary/aromatic N) is 1. The molecule has 0 aliphatic heterocycles. The molecule has 0 amide bonds. The Bertz CT molecular complexity index is 567. The van der Waals surface area contributed by atoms with Gasteiger partial charge < -0.3 is 5.11 Å². The maximum Gasteiger partial charge on any atom is 0.356 e. The summed E-state index contributed by atoms with van der Waals surface area (Å²) in [6, 6.07) is -0.113. The lowest BCUT2D eigenvalue weighted by Crippen LogP contribution is -2.38. The van der Waals surface area contributed by atoms with E-state index >= 15 is 0 Å². The summed E-state index contributed by atoms with van der Waals surface area (Å²) < 4.78 is 26.8. The van der Waals surface area contributed by atoms with Gasteiger partial charge in [-0.15, -0.1) is 11.3 Å². The molecule has 2 N–H and O–H groups in total. The predicted molar refractivity (Wildman–Crippen MR) is 70.8 cm³/mol. The fourth-order valence-electron chi connectivity index (χ4n) is 2.38. The molecule has 1 aromatic rings. The molecule has 1 heterocycles. The third-order valence-electron chi connectivity index (χ3n) is 3.24. The Morgan fingerprint density at radius 1 is 1.53 bits per heavy atom. The highest BCUT2D eigenvalue weighted by molar-refractivity contribution is 7.91. The number of aromatic nitrogens is 1. The first kappa shape index (κ1) is 14.4. The zero-order valence-electron chi connectivity index (χ0n) is 10.5. The Hall–Kier alpha value is -0.990. The molecule has 0 saturated heterocycles. The van der Waals surface area contributed by atoms with Gasteiger partial charge in [0.15, 0.2) is 9.90 Å². The average molecular weight is 304 g/mol. The summed E-state index contributed by atoms with van der Waals surface area (Å²) >= 11 is 0.832. The number of sulfonamides is 1. The number of carboxylic acid groups (broad SMARTS) is 1. The molecule has 0 bridgehead atoms. The summed E-state index contributed by atoms with van der Waals surface area (Å²) in [6.07, 6.45) is 3.69. The molecule has 0 radical (unpaired) electrons. The summed E-state index contributed by atoms with van der Waals surface area (Å²) in [4.78, 5) is 14.5. The highest BCUT2D eigenvalue weighted by Gasteiger charge is 2.29. The first-order valence-corrected chi connectivity index (χ1v) is 8.45. The third kappa shape index (κ3) is 3.31. The Morgan fingerprint density at radius 2 is 2.26 bits per heavy atom. The second-order valence-corrected chi connectivity index (χ2v) is 7.65. The van der Waals surface area contributed by atoms with Crippen molar-refractivity contribution in [1.29, 1.82) is 0 Å². The minimum Gasteiger partial charge on any atom is -0.476 e. The fourth-order valence-corrected chi connectivity index (χ4v) is 4.82. The van der Waals surface area contributed by atoms with Crippen molar-refractivity contribution in [3.05, 3.63) is 11.2 Å². The maximum atomic E-state index is 12.2. The Morgan fingerprint density at radius 3 is 2.89 bits per heavy atom. The molecule has 1 aromatic heterocycles. The van der Waals surface area contributed by atoms with Crippen LogP contribution in [0.1, 0.15) is 43.1 Å². The monoisotopic (exact) mass is 304 g/mol. The molecule has 2 atom stereocenters. The lowest BCUT2D eigenvalue weighted by Gasteiger charge is -2.26. The number of rotatable bonds is 4. The topological polar surface area (TPSA) is 96.4 Å². The van der Waals surface area contributed by atoms with E-state index in [0.717, 1.165) is 37.0 Å². The van der Waals surface area contributed by atoms with Crippen molar-refractivity contribution in [2.24, 2.45) is 5.92 Å². The van der Waals surface area contributed by atoms with E-state index in [1.807, 2.05) is 0 Å². The van der Waals surface area contributed by atoms with Crippen LogP contribution in [0.3, 0.4) is 0 Å². The Balaban J connectivity index is 2.18. The van der Waals surface area contributed by atoms with Crippen molar-refractivity contribution in [2.75, 3.05) is 0 Å². The van der Waals surface area contributed by atoms with Crippen LogP contribution >= 0.6 is 11.3 Å². The molecule has 19 heavy (non-hydrogen) atoms. The summed E-state index contributed by atoms with van der Waals surface area (Å²) in [7, 11) is -3.79. The third-order valence-corrected chi connectivity index (χ3v) is 6.13. The van der Waals surface area contributed by atoms with Crippen LogP contribution in [0.4, 0.5) is 0 Å². The molecule has 6 nitrogen and oxygen atoms in total. The first-order chi connectivity index (χ1) is 8.90. The first-order valence-electron chi connectivity index (χ1n) is 6.09. The van der Waals surface area contributed by atoms with Crippen LogP contribution in [0.25, 0.3) is 0 Å². The van der Waals surface area contributed by atoms with Crippen molar-refractivity contribution >= 4 is 27.3 Å². The number of aromatic carboxylic acids is 1. The zero-order chi connectivity index (χ0) is 14.0. The Kier molecular flexibility index (Phi) is 4.22. The highest BCUT2D eigenvalue weighted by Crippen LogP contribution is 2.26. The van der Waals surface area contributed by atoms with Gasteiger partial charge in [0.25, 0.3) is 10.0 Å². The number of hydrogen-bond donors (Lipinski definition) is 2. The summed E-state index contributed by atoms with van der Waals surface area (Å²) in [6.45, 7) is 2.09. The Labute approximate surface area is 115 Å². The molecule has 106 valence electrons.